The number of nitrogens with zero attached hydrogens (tertiary/aromatic N) is 1. The predicted octanol–water partition coefficient (Wildman–Crippen LogP) is 5.11. The van der Waals surface area contributed by atoms with Crippen LogP contribution in [-0.2, 0) is 21.2 Å². The molecule has 3 aromatic carbocycles. The molecule has 3 rings (SSSR count). The van der Waals surface area contributed by atoms with Crippen LogP contribution in [0.4, 0.5) is 5.69 Å². The van der Waals surface area contributed by atoms with Crippen molar-refractivity contribution in [1.82, 2.24) is 5.32 Å². The summed E-state index contributed by atoms with van der Waals surface area (Å²) in [6.07, 6.45) is 1.51. The van der Waals surface area contributed by atoms with Gasteiger partial charge < -0.3 is 14.8 Å². The van der Waals surface area contributed by atoms with Crippen molar-refractivity contribution in [3.05, 3.63) is 82.3 Å². The van der Waals surface area contributed by atoms with Crippen LogP contribution in [-0.4, -0.2) is 41.1 Å². The summed E-state index contributed by atoms with van der Waals surface area (Å²) in [7, 11) is -2.51. The number of ether oxygens (including phenoxy) is 2. The van der Waals surface area contributed by atoms with Gasteiger partial charge in [-0.05, 0) is 90.6 Å². The summed E-state index contributed by atoms with van der Waals surface area (Å²) in [5, 5.41) is 2.85. The zero-order valence-corrected chi connectivity index (χ0v) is 23.1. The Morgan fingerprint density at radius 3 is 2.33 bits per heavy atom. The van der Waals surface area contributed by atoms with Crippen molar-refractivity contribution in [2.75, 3.05) is 31.1 Å². The van der Waals surface area contributed by atoms with E-state index in [1.165, 1.54) is 19.2 Å². The maximum Gasteiger partial charge on any atom is 0.264 e. The van der Waals surface area contributed by atoms with Gasteiger partial charge in [-0.3, -0.25) is 9.10 Å². The van der Waals surface area contributed by atoms with E-state index in [0.29, 0.717) is 29.1 Å². The number of hydrogen-bond donors (Lipinski definition) is 1. The molecule has 192 valence electrons. The first-order chi connectivity index (χ1) is 17.2. The quantitative estimate of drug-likeness (QED) is 0.304. The molecule has 0 aliphatic rings. The van der Waals surface area contributed by atoms with Crippen molar-refractivity contribution < 1.29 is 22.7 Å². The fraction of sp³-hybridized carbons (Fsp3) is 0.296. The number of halogens is 1. The van der Waals surface area contributed by atoms with Gasteiger partial charge in [0.1, 0.15) is 18.0 Å². The Morgan fingerprint density at radius 1 is 1.03 bits per heavy atom. The molecule has 0 saturated heterocycles. The van der Waals surface area contributed by atoms with Crippen LogP contribution in [0, 0.1) is 6.92 Å². The van der Waals surface area contributed by atoms with Crippen molar-refractivity contribution in [1.29, 1.82) is 0 Å². The number of anilines is 1. The normalized spacial score (nSPS) is 11.1. The van der Waals surface area contributed by atoms with Crippen LogP contribution in [0.3, 0.4) is 0 Å². The number of aryl methyl sites for hydroxylation is 2. The molecular formula is C27H31BrN2O5S. The SMILES string of the molecule is CCOc1ccc(CCCNC(=O)CN(c2ccc(C)cc2)S(=O)(=O)c2ccc(OC)c(Br)c2)cc1. The number of amides is 1. The highest BCUT2D eigenvalue weighted by Crippen LogP contribution is 2.30. The predicted molar refractivity (Wildman–Crippen MR) is 145 cm³/mol. The van der Waals surface area contributed by atoms with Crippen molar-refractivity contribution in [2.24, 2.45) is 0 Å². The van der Waals surface area contributed by atoms with Gasteiger partial charge in [0, 0.05) is 6.54 Å². The lowest BCUT2D eigenvalue weighted by Gasteiger charge is -2.24. The van der Waals surface area contributed by atoms with Gasteiger partial charge >= 0.3 is 0 Å². The highest BCUT2D eigenvalue weighted by molar-refractivity contribution is 9.10. The van der Waals surface area contributed by atoms with E-state index in [2.05, 4.69) is 21.2 Å². The summed E-state index contributed by atoms with van der Waals surface area (Å²) in [4.78, 5) is 12.9. The lowest BCUT2D eigenvalue weighted by atomic mass is 10.1. The highest BCUT2D eigenvalue weighted by atomic mass is 79.9. The molecule has 7 nitrogen and oxygen atoms in total. The molecule has 0 saturated carbocycles. The Bertz CT molecular complexity index is 1260. The Balaban J connectivity index is 1.69. The first-order valence-electron chi connectivity index (χ1n) is 11.7. The van der Waals surface area contributed by atoms with Crippen molar-refractivity contribution in [3.63, 3.8) is 0 Å². The third kappa shape index (κ3) is 7.24. The molecule has 0 aromatic heterocycles. The van der Waals surface area contributed by atoms with Crippen LogP contribution in [0.15, 0.2) is 76.1 Å². The van der Waals surface area contributed by atoms with Gasteiger partial charge in [-0.25, -0.2) is 8.42 Å². The van der Waals surface area contributed by atoms with Crippen molar-refractivity contribution in [2.45, 2.75) is 31.6 Å². The van der Waals surface area contributed by atoms with Gasteiger partial charge in [0.05, 0.1) is 28.8 Å². The van der Waals surface area contributed by atoms with Gasteiger partial charge in [-0.1, -0.05) is 29.8 Å². The lowest BCUT2D eigenvalue weighted by Crippen LogP contribution is -2.41. The minimum Gasteiger partial charge on any atom is -0.496 e. The molecule has 0 atom stereocenters. The van der Waals surface area contributed by atoms with E-state index in [1.54, 1.807) is 18.2 Å². The van der Waals surface area contributed by atoms with Gasteiger partial charge in [0.2, 0.25) is 5.91 Å². The number of sulfonamides is 1. The van der Waals surface area contributed by atoms with E-state index in [4.69, 9.17) is 9.47 Å². The molecule has 1 N–H and O–H groups in total. The molecule has 0 aliphatic heterocycles. The van der Waals surface area contributed by atoms with Crippen LogP contribution < -0.4 is 19.1 Å². The average Bonchev–Trinajstić information content (AvgIpc) is 2.87. The van der Waals surface area contributed by atoms with Gasteiger partial charge in [0.25, 0.3) is 10.0 Å². The summed E-state index contributed by atoms with van der Waals surface area (Å²) in [5.74, 6) is 0.968. The number of rotatable bonds is 12. The number of benzene rings is 3. The molecule has 0 spiro atoms. The number of carbonyl (C=O) groups excluding carboxylic acids is 1. The highest BCUT2D eigenvalue weighted by Gasteiger charge is 2.28. The number of nitrogens with one attached hydrogen (secondary N) is 1. The van der Waals surface area contributed by atoms with Crippen molar-refractivity contribution >= 4 is 37.5 Å². The monoisotopic (exact) mass is 574 g/mol. The first kappa shape index (κ1) is 27.5. The smallest absolute Gasteiger partial charge is 0.264 e. The number of methoxy groups -OCH3 is 1. The molecular weight excluding hydrogens is 544 g/mol. The Hall–Kier alpha value is -3.04. The first-order valence-corrected chi connectivity index (χ1v) is 13.9. The zero-order chi connectivity index (χ0) is 26.1. The topological polar surface area (TPSA) is 84.9 Å². The van der Waals surface area contributed by atoms with E-state index in [0.717, 1.165) is 34.0 Å². The summed E-state index contributed by atoms with van der Waals surface area (Å²) < 4.78 is 39.4. The van der Waals surface area contributed by atoms with Gasteiger partial charge in [0.15, 0.2) is 0 Å². The molecule has 3 aromatic rings. The Morgan fingerprint density at radius 2 is 1.72 bits per heavy atom. The van der Waals surface area contributed by atoms with Gasteiger partial charge in [-0.2, -0.15) is 0 Å². The molecule has 0 fully saturated rings. The van der Waals surface area contributed by atoms with E-state index >= 15 is 0 Å². The minimum absolute atomic E-state index is 0.0547. The molecule has 0 heterocycles. The van der Waals surface area contributed by atoms with E-state index in [9.17, 15) is 13.2 Å². The lowest BCUT2D eigenvalue weighted by molar-refractivity contribution is -0.119. The fourth-order valence-electron chi connectivity index (χ4n) is 3.59. The maximum atomic E-state index is 13.6. The summed E-state index contributed by atoms with van der Waals surface area (Å²) in [5.41, 5.74) is 2.54. The largest absolute Gasteiger partial charge is 0.496 e. The van der Waals surface area contributed by atoms with Gasteiger partial charge in [-0.15, -0.1) is 0 Å². The maximum absolute atomic E-state index is 13.6. The standard InChI is InChI=1S/C27H31BrN2O5S/c1-4-35-23-13-9-21(10-14-23)6-5-17-29-27(31)19-30(22-11-7-20(2)8-12-22)36(32,33)24-15-16-26(34-3)25(28)18-24/h7-16,18H,4-6,17,19H2,1-3H3,(H,29,31). The van der Waals surface area contributed by atoms with Crippen molar-refractivity contribution in [3.8, 4) is 11.5 Å². The number of carbonyl (C=O) groups is 1. The van der Waals surface area contributed by atoms with E-state index < -0.39 is 10.0 Å². The third-order valence-electron chi connectivity index (χ3n) is 5.52. The van der Waals surface area contributed by atoms with Crippen LogP contribution in [0.1, 0.15) is 24.5 Å². The second kappa shape index (κ2) is 12.8. The zero-order valence-electron chi connectivity index (χ0n) is 20.7. The summed E-state index contributed by atoms with van der Waals surface area (Å²) in [6.45, 7) is 4.58. The van der Waals surface area contributed by atoms with Crippen LogP contribution in [0.2, 0.25) is 0 Å². The third-order valence-corrected chi connectivity index (χ3v) is 7.91. The molecule has 1 amide bonds. The fourth-order valence-corrected chi connectivity index (χ4v) is 5.73. The van der Waals surface area contributed by atoms with Crippen LogP contribution in [0.25, 0.3) is 0 Å². The minimum atomic E-state index is -4.02. The van der Waals surface area contributed by atoms with E-state index in [1.807, 2.05) is 50.2 Å². The number of hydrogen-bond acceptors (Lipinski definition) is 5. The summed E-state index contributed by atoms with van der Waals surface area (Å²) >= 11 is 3.34. The molecule has 0 bridgehead atoms. The second-order valence-electron chi connectivity index (χ2n) is 8.17. The second-order valence-corrected chi connectivity index (χ2v) is 10.9. The molecule has 0 aliphatic carbocycles. The molecule has 0 unspecified atom stereocenters. The Kier molecular flexibility index (Phi) is 9.78. The summed E-state index contributed by atoms with van der Waals surface area (Å²) in [6, 6.07) is 19.4. The van der Waals surface area contributed by atoms with E-state index in [-0.39, 0.29) is 17.3 Å². The van der Waals surface area contributed by atoms with Crippen LogP contribution >= 0.6 is 15.9 Å². The Labute approximate surface area is 221 Å². The van der Waals surface area contributed by atoms with Crippen LogP contribution in [0.5, 0.6) is 11.5 Å². The molecule has 0 radical (unpaired) electrons. The average molecular weight is 576 g/mol. The molecule has 9 heteroatoms. The molecule has 36 heavy (non-hydrogen) atoms.